The van der Waals surface area contributed by atoms with E-state index in [1.54, 1.807) is 20.8 Å². The Morgan fingerprint density at radius 1 is 1.35 bits per heavy atom. The van der Waals surface area contributed by atoms with Crippen LogP contribution in [0.1, 0.15) is 34.0 Å². The number of carbonyl (C=O) groups is 1. The van der Waals surface area contributed by atoms with Crippen molar-refractivity contribution >= 4 is 34.6 Å². The summed E-state index contributed by atoms with van der Waals surface area (Å²) in [6.07, 6.45) is 0. The number of hydrogen-bond donors (Lipinski definition) is 1. The van der Waals surface area contributed by atoms with Gasteiger partial charge in [-0.25, -0.2) is 4.79 Å². The first-order chi connectivity index (χ1) is 8.02. The zero-order valence-electron chi connectivity index (χ0n) is 9.90. The van der Waals surface area contributed by atoms with Gasteiger partial charge in [-0.2, -0.15) is 0 Å². The molecule has 0 atom stereocenters. The minimum atomic E-state index is -0.538. The molecule has 0 aliphatic carbocycles. The summed E-state index contributed by atoms with van der Waals surface area (Å²) >= 11 is 6.23. The van der Waals surface area contributed by atoms with Crippen LogP contribution in [0.2, 0.25) is 0 Å². The molecular weight excluding hydrogens is 260 g/mol. The fourth-order valence-corrected chi connectivity index (χ4v) is 2.58. The maximum absolute atomic E-state index is 11.6. The average Bonchev–Trinajstić information content (AvgIpc) is 2.55. The van der Waals surface area contributed by atoms with Gasteiger partial charge in [0.1, 0.15) is 10.4 Å². The Kier molecular flexibility index (Phi) is 4.89. The second-order valence-electron chi connectivity index (χ2n) is 3.15. The molecule has 4 nitrogen and oxygen atoms in total. The Bertz CT molecular complexity index is 437. The van der Waals surface area contributed by atoms with Crippen LogP contribution in [-0.4, -0.2) is 29.3 Å². The van der Waals surface area contributed by atoms with Crippen molar-refractivity contribution in [3.63, 3.8) is 0 Å². The monoisotopic (exact) mass is 274 g/mol. The molecule has 0 aromatic carbocycles. The van der Waals surface area contributed by atoms with Gasteiger partial charge >= 0.3 is 5.97 Å². The van der Waals surface area contributed by atoms with E-state index in [1.807, 2.05) is 0 Å². The van der Waals surface area contributed by atoms with Gasteiger partial charge in [-0.3, -0.25) is 0 Å². The lowest BCUT2D eigenvalue weighted by Crippen LogP contribution is -2.06. The molecule has 0 bridgehead atoms. The van der Waals surface area contributed by atoms with Gasteiger partial charge in [-0.1, -0.05) is 0 Å². The number of thiocarbonyl (C=S) groups is 1. The Hall–Kier alpha value is -1.14. The number of rotatable bonds is 4. The fraction of sp³-hybridized carbons (Fsp3) is 0.455. The van der Waals surface area contributed by atoms with Crippen molar-refractivity contribution in [2.45, 2.75) is 20.8 Å². The number of esters is 1. The molecule has 0 unspecified atom stereocenters. The Labute approximate surface area is 109 Å². The van der Waals surface area contributed by atoms with Gasteiger partial charge in [0.2, 0.25) is 5.05 Å². The summed E-state index contributed by atoms with van der Waals surface area (Å²) in [6, 6.07) is 0. The van der Waals surface area contributed by atoms with E-state index in [1.165, 1.54) is 11.3 Å². The van der Waals surface area contributed by atoms with Crippen molar-refractivity contribution < 1.29 is 19.4 Å². The highest BCUT2D eigenvalue weighted by molar-refractivity contribution is 7.80. The first-order valence-corrected chi connectivity index (χ1v) is 6.41. The third-order valence-electron chi connectivity index (χ3n) is 2.00. The molecule has 0 amide bonds. The maximum atomic E-state index is 11.6. The topological polar surface area (TPSA) is 55.8 Å². The number of carbonyl (C=O) groups excluding carboxylic acids is 1. The fourth-order valence-electron chi connectivity index (χ4n) is 1.31. The van der Waals surface area contributed by atoms with E-state index < -0.39 is 5.97 Å². The van der Waals surface area contributed by atoms with E-state index in [9.17, 15) is 9.90 Å². The number of hydrogen-bond acceptors (Lipinski definition) is 6. The normalized spacial score (nSPS) is 10.1. The van der Waals surface area contributed by atoms with E-state index >= 15 is 0 Å². The van der Waals surface area contributed by atoms with E-state index in [-0.39, 0.29) is 23.0 Å². The van der Waals surface area contributed by atoms with Gasteiger partial charge in [-0.05, 0) is 33.0 Å². The van der Waals surface area contributed by atoms with Crippen molar-refractivity contribution in [1.82, 2.24) is 0 Å². The molecule has 0 saturated carbocycles. The van der Waals surface area contributed by atoms with Gasteiger partial charge in [0.05, 0.1) is 13.2 Å². The van der Waals surface area contributed by atoms with E-state index in [2.05, 4.69) is 0 Å². The molecule has 0 saturated heterocycles. The molecule has 0 radical (unpaired) electrons. The van der Waals surface area contributed by atoms with Crippen LogP contribution in [0.15, 0.2) is 0 Å². The molecule has 94 valence electrons. The van der Waals surface area contributed by atoms with Crippen LogP contribution in [0.3, 0.4) is 0 Å². The zero-order valence-corrected chi connectivity index (χ0v) is 11.5. The lowest BCUT2D eigenvalue weighted by atomic mass is 10.2. The molecule has 0 aliphatic rings. The highest BCUT2D eigenvalue weighted by Crippen LogP contribution is 2.35. The molecular formula is C11H14O4S2. The smallest absolute Gasteiger partial charge is 0.343 e. The van der Waals surface area contributed by atoms with Crippen molar-refractivity contribution in [2.75, 3.05) is 13.2 Å². The van der Waals surface area contributed by atoms with Gasteiger partial charge in [0.15, 0.2) is 5.75 Å². The molecule has 1 N–H and O–H groups in total. The van der Waals surface area contributed by atoms with Crippen LogP contribution < -0.4 is 0 Å². The molecule has 1 rings (SSSR count). The predicted molar refractivity (Wildman–Crippen MR) is 70.0 cm³/mol. The maximum Gasteiger partial charge on any atom is 0.343 e. The summed E-state index contributed by atoms with van der Waals surface area (Å²) in [5.41, 5.74) is 0.175. The van der Waals surface area contributed by atoms with Gasteiger partial charge in [-0.15, -0.1) is 11.3 Å². The molecule has 0 aliphatic heterocycles. The summed E-state index contributed by atoms with van der Waals surface area (Å²) in [7, 11) is 0. The zero-order chi connectivity index (χ0) is 13.0. The minimum absolute atomic E-state index is 0.149. The Morgan fingerprint density at radius 2 is 1.94 bits per heavy atom. The molecule has 0 spiro atoms. The van der Waals surface area contributed by atoms with Gasteiger partial charge in [0.25, 0.3) is 0 Å². The summed E-state index contributed by atoms with van der Waals surface area (Å²) in [4.78, 5) is 12.7. The van der Waals surface area contributed by atoms with Gasteiger partial charge in [0, 0.05) is 4.88 Å². The van der Waals surface area contributed by atoms with Crippen LogP contribution in [-0.2, 0) is 9.47 Å². The Balaban J connectivity index is 3.09. The summed E-state index contributed by atoms with van der Waals surface area (Å²) < 4.78 is 10.0. The number of thiophene rings is 1. The lowest BCUT2D eigenvalue weighted by Gasteiger charge is -2.03. The van der Waals surface area contributed by atoms with Crippen molar-refractivity contribution in [2.24, 2.45) is 0 Å². The number of ether oxygens (including phenoxy) is 2. The minimum Gasteiger partial charge on any atom is -0.505 e. The summed E-state index contributed by atoms with van der Waals surface area (Å²) in [5, 5.41) is 10.1. The third-order valence-corrected chi connectivity index (χ3v) is 3.54. The summed E-state index contributed by atoms with van der Waals surface area (Å²) in [5.74, 6) is -0.686. The lowest BCUT2D eigenvalue weighted by molar-refractivity contribution is 0.0523. The van der Waals surface area contributed by atoms with Crippen molar-refractivity contribution in [3.8, 4) is 5.75 Å². The summed E-state index contributed by atoms with van der Waals surface area (Å²) in [6.45, 7) is 5.93. The average molecular weight is 274 g/mol. The van der Waals surface area contributed by atoms with Crippen LogP contribution >= 0.6 is 23.6 Å². The first kappa shape index (κ1) is 13.9. The van der Waals surface area contributed by atoms with E-state index in [0.29, 0.717) is 16.4 Å². The van der Waals surface area contributed by atoms with Gasteiger partial charge < -0.3 is 14.6 Å². The predicted octanol–water partition coefficient (Wildman–Crippen LogP) is 2.65. The quantitative estimate of drug-likeness (QED) is 0.675. The molecule has 0 fully saturated rings. The van der Waals surface area contributed by atoms with Crippen LogP contribution in [0.25, 0.3) is 0 Å². The van der Waals surface area contributed by atoms with Crippen molar-refractivity contribution in [1.29, 1.82) is 0 Å². The van der Waals surface area contributed by atoms with E-state index in [0.717, 1.165) is 0 Å². The number of aryl methyl sites for hydroxylation is 1. The second kappa shape index (κ2) is 5.97. The van der Waals surface area contributed by atoms with E-state index in [4.69, 9.17) is 21.7 Å². The highest BCUT2D eigenvalue weighted by atomic mass is 32.1. The largest absolute Gasteiger partial charge is 0.505 e. The molecule has 6 heteroatoms. The first-order valence-electron chi connectivity index (χ1n) is 5.19. The molecule has 1 aromatic heterocycles. The number of aromatic hydroxyl groups is 1. The standard InChI is InChI=1S/C11H14O4S2/c1-4-14-10(13)7-6(3)17-9(8(7)12)11(16)15-5-2/h12H,4-5H2,1-3H3. The molecule has 17 heavy (non-hydrogen) atoms. The van der Waals surface area contributed by atoms with Crippen LogP contribution in [0, 0.1) is 6.92 Å². The Morgan fingerprint density at radius 3 is 2.47 bits per heavy atom. The molecule has 1 aromatic rings. The van der Waals surface area contributed by atoms with Crippen LogP contribution in [0.5, 0.6) is 5.75 Å². The second-order valence-corrected chi connectivity index (χ2v) is 4.75. The highest BCUT2D eigenvalue weighted by Gasteiger charge is 2.24. The van der Waals surface area contributed by atoms with Crippen LogP contribution in [0.4, 0.5) is 0 Å². The third kappa shape index (κ3) is 2.95. The van der Waals surface area contributed by atoms with Crippen molar-refractivity contribution in [3.05, 3.63) is 15.3 Å². The molecule has 1 heterocycles. The SMILES string of the molecule is CCOC(=O)c1c(C)sc(C(=S)OCC)c1O.